The summed E-state index contributed by atoms with van der Waals surface area (Å²) in [6.45, 7) is -1.24. The van der Waals surface area contributed by atoms with Gasteiger partial charge in [-0.25, -0.2) is 0 Å². The first-order valence-electron chi connectivity index (χ1n) is 4.61. The van der Waals surface area contributed by atoms with Gasteiger partial charge in [0.1, 0.15) is 0 Å². The third-order valence-electron chi connectivity index (χ3n) is 1.63. The summed E-state index contributed by atoms with van der Waals surface area (Å²) in [6.07, 6.45) is 0. The number of aromatic nitrogens is 3. The van der Waals surface area contributed by atoms with Gasteiger partial charge in [-0.2, -0.15) is 15.0 Å². The van der Waals surface area contributed by atoms with Crippen LogP contribution in [0.25, 0.3) is 0 Å². The van der Waals surface area contributed by atoms with E-state index in [-0.39, 0.29) is 17.8 Å². The van der Waals surface area contributed by atoms with Gasteiger partial charge >= 0.3 is 15.2 Å². The molecule has 0 saturated heterocycles. The van der Waals surface area contributed by atoms with Gasteiger partial charge in [0.25, 0.3) is 0 Å². The summed E-state index contributed by atoms with van der Waals surface area (Å²) in [6, 6.07) is 0. The predicted octanol–water partition coefficient (Wildman–Crippen LogP) is -2.72. The summed E-state index contributed by atoms with van der Waals surface area (Å²) in [4.78, 5) is 43.6. The third-order valence-corrected chi connectivity index (χ3v) is 5.31. The number of aliphatic hydroxyl groups is 1. The maximum absolute atomic E-state index is 10.3. The SMILES string of the molecule is Nc1nc(N)nc(N)n1.O=P(O)(O)C(CO)P(=O)(O)O. The fourth-order valence-corrected chi connectivity index (χ4v) is 2.83. The van der Waals surface area contributed by atoms with Gasteiger partial charge in [-0.3, -0.25) is 9.13 Å². The molecule has 0 fully saturated rings. The monoisotopic (exact) mass is 332 g/mol. The minimum atomic E-state index is -4.91. The molecular formula is C5H14N6O7P2. The van der Waals surface area contributed by atoms with Crippen LogP contribution in [0.3, 0.4) is 0 Å². The van der Waals surface area contributed by atoms with Crippen LogP contribution < -0.4 is 17.2 Å². The molecule has 1 aromatic rings. The Morgan fingerprint density at radius 3 is 1.20 bits per heavy atom. The highest BCUT2D eigenvalue weighted by atomic mass is 31.2. The Kier molecular flexibility index (Phi) is 6.44. The van der Waals surface area contributed by atoms with Crippen molar-refractivity contribution < 1.29 is 33.8 Å². The summed E-state index contributed by atoms with van der Waals surface area (Å²) >= 11 is 0. The van der Waals surface area contributed by atoms with Crippen molar-refractivity contribution in [1.29, 1.82) is 0 Å². The molecule has 0 aromatic carbocycles. The molecule has 0 aliphatic carbocycles. The van der Waals surface area contributed by atoms with Crippen molar-refractivity contribution in [2.75, 3.05) is 23.8 Å². The van der Waals surface area contributed by atoms with E-state index in [1.54, 1.807) is 0 Å². The summed E-state index contributed by atoms with van der Waals surface area (Å²) in [5.74, 6) is 0.125. The normalized spacial score (nSPS) is 11.9. The van der Waals surface area contributed by atoms with Gasteiger partial charge in [-0.1, -0.05) is 0 Å². The van der Waals surface area contributed by atoms with Gasteiger partial charge in [0.2, 0.25) is 17.8 Å². The minimum Gasteiger partial charge on any atom is -0.395 e. The Morgan fingerprint density at radius 1 is 0.850 bits per heavy atom. The first-order valence-corrected chi connectivity index (χ1v) is 7.98. The Balaban J connectivity index is 0.000000367. The fraction of sp³-hybridized carbons (Fsp3) is 0.400. The Morgan fingerprint density at radius 2 is 1.10 bits per heavy atom. The lowest BCUT2D eigenvalue weighted by Crippen LogP contribution is -2.13. The van der Waals surface area contributed by atoms with Gasteiger partial charge in [-0.05, 0) is 0 Å². The molecular weight excluding hydrogens is 318 g/mol. The molecule has 0 atom stereocenters. The first kappa shape index (κ1) is 18.7. The number of hydrogen-bond donors (Lipinski definition) is 8. The third kappa shape index (κ3) is 6.73. The molecule has 1 aromatic heterocycles. The first-order chi connectivity index (χ1) is 8.87. The highest BCUT2D eigenvalue weighted by Crippen LogP contribution is 2.59. The molecule has 116 valence electrons. The summed E-state index contributed by atoms with van der Waals surface area (Å²) in [7, 11) is -9.82. The van der Waals surface area contributed by atoms with Crippen molar-refractivity contribution >= 4 is 33.0 Å². The second-order valence-electron chi connectivity index (χ2n) is 3.25. The predicted molar refractivity (Wildman–Crippen MR) is 68.0 cm³/mol. The van der Waals surface area contributed by atoms with Crippen LogP contribution in [0, 0.1) is 0 Å². The fourth-order valence-electron chi connectivity index (χ4n) is 0.836. The molecule has 13 nitrogen and oxygen atoms in total. The highest BCUT2D eigenvalue weighted by molar-refractivity contribution is 7.70. The molecule has 1 heterocycles. The van der Waals surface area contributed by atoms with E-state index in [4.69, 9.17) is 41.9 Å². The van der Waals surface area contributed by atoms with E-state index in [2.05, 4.69) is 15.0 Å². The molecule has 1 rings (SSSR count). The molecule has 0 aliphatic rings. The quantitative estimate of drug-likeness (QED) is 0.262. The zero-order chi connectivity index (χ0) is 16.1. The van der Waals surface area contributed by atoms with E-state index in [1.165, 1.54) is 0 Å². The smallest absolute Gasteiger partial charge is 0.343 e. The number of aliphatic hydroxyl groups excluding tert-OH is 1. The van der Waals surface area contributed by atoms with Gasteiger partial charge in [0.15, 0.2) is 5.40 Å². The summed E-state index contributed by atoms with van der Waals surface area (Å²) < 4.78 is 20.5. The van der Waals surface area contributed by atoms with Crippen LogP contribution in [0.2, 0.25) is 0 Å². The number of nitrogens with zero attached hydrogens (tertiary/aromatic N) is 3. The van der Waals surface area contributed by atoms with E-state index in [0.29, 0.717) is 0 Å². The molecule has 0 unspecified atom stereocenters. The topological polar surface area (TPSA) is 252 Å². The van der Waals surface area contributed by atoms with E-state index >= 15 is 0 Å². The molecule has 0 saturated carbocycles. The highest BCUT2D eigenvalue weighted by Gasteiger charge is 2.42. The van der Waals surface area contributed by atoms with E-state index < -0.39 is 27.2 Å². The van der Waals surface area contributed by atoms with Crippen LogP contribution in [0.15, 0.2) is 0 Å². The van der Waals surface area contributed by atoms with E-state index in [1.807, 2.05) is 0 Å². The van der Waals surface area contributed by atoms with E-state index in [9.17, 15) is 9.13 Å². The van der Waals surface area contributed by atoms with Gasteiger partial charge < -0.3 is 41.9 Å². The maximum atomic E-state index is 10.3. The van der Waals surface area contributed by atoms with Crippen LogP contribution in [0.4, 0.5) is 17.8 Å². The Bertz CT molecular complexity index is 470. The molecule has 0 bridgehead atoms. The lowest BCUT2D eigenvalue weighted by Gasteiger charge is -2.16. The average molecular weight is 332 g/mol. The number of hydrogen-bond acceptors (Lipinski definition) is 9. The molecule has 15 heteroatoms. The lowest BCUT2D eigenvalue weighted by atomic mass is 10.9. The van der Waals surface area contributed by atoms with Crippen LogP contribution in [-0.4, -0.2) is 51.6 Å². The lowest BCUT2D eigenvalue weighted by molar-refractivity contribution is 0.266. The van der Waals surface area contributed by atoms with Crippen molar-refractivity contribution in [2.45, 2.75) is 5.40 Å². The molecule has 0 radical (unpaired) electrons. The molecule has 11 N–H and O–H groups in total. The van der Waals surface area contributed by atoms with E-state index in [0.717, 1.165) is 0 Å². The standard InChI is InChI=1S/C3H6N6.C2H8O7P2/c4-1-7-2(5)9-3(6)8-1;3-1-2(10(4,5)6)11(7,8)9/h(H6,4,5,6,7,8,9);2-3H,1H2,(H2,4,5,6)(H2,7,8,9). The van der Waals surface area contributed by atoms with Crippen molar-refractivity contribution in [3.63, 3.8) is 0 Å². The second-order valence-corrected chi connectivity index (χ2v) is 7.26. The zero-order valence-electron chi connectivity index (χ0n) is 9.81. The van der Waals surface area contributed by atoms with Gasteiger partial charge in [-0.15, -0.1) is 0 Å². The number of rotatable bonds is 3. The number of nitrogen functional groups attached to an aromatic ring is 3. The second kappa shape index (κ2) is 6.90. The van der Waals surface area contributed by atoms with Crippen molar-refractivity contribution in [2.24, 2.45) is 0 Å². The molecule has 0 amide bonds. The number of anilines is 3. The molecule has 0 spiro atoms. The van der Waals surface area contributed by atoms with Crippen LogP contribution >= 0.6 is 15.2 Å². The molecule has 0 aliphatic heterocycles. The average Bonchev–Trinajstić information content (AvgIpc) is 2.11. The Hall–Kier alpha value is -1.33. The largest absolute Gasteiger partial charge is 0.395 e. The number of nitrogens with two attached hydrogens (primary N) is 3. The molecule has 20 heavy (non-hydrogen) atoms. The minimum absolute atomic E-state index is 0.0417. The summed E-state index contributed by atoms with van der Waals surface area (Å²) in [5.41, 5.74) is 15.4. The van der Waals surface area contributed by atoms with Crippen LogP contribution in [0.1, 0.15) is 0 Å². The van der Waals surface area contributed by atoms with Crippen molar-refractivity contribution in [1.82, 2.24) is 15.0 Å². The maximum Gasteiger partial charge on any atom is 0.343 e. The summed E-state index contributed by atoms with van der Waals surface area (Å²) in [5, 5.41) is 5.92. The van der Waals surface area contributed by atoms with Crippen molar-refractivity contribution in [3.8, 4) is 0 Å². The zero-order valence-corrected chi connectivity index (χ0v) is 11.6. The van der Waals surface area contributed by atoms with Gasteiger partial charge in [0, 0.05) is 0 Å². The van der Waals surface area contributed by atoms with Crippen LogP contribution in [-0.2, 0) is 9.13 Å². The van der Waals surface area contributed by atoms with Gasteiger partial charge in [0.05, 0.1) is 6.61 Å². The Labute approximate surface area is 112 Å². The van der Waals surface area contributed by atoms with Crippen molar-refractivity contribution in [3.05, 3.63) is 0 Å². The van der Waals surface area contributed by atoms with Crippen LogP contribution in [0.5, 0.6) is 0 Å².